The van der Waals surface area contributed by atoms with Crippen molar-refractivity contribution in [2.45, 2.75) is 25.6 Å². The van der Waals surface area contributed by atoms with E-state index in [1.165, 1.54) is 0 Å². The molecule has 0 radical (unpaired) electrons. The summed E-state index contributed by atoms with van der Waals surface area (Å²) in [6.45, 7) is 2.49. The second-order valence-corrected chi connectivity index (χ2v) is 4.08. The zero-order valence-electron chi connectivity index (χ0n) is 11.0. The van der Waals surface area contributed by atoms with Crippen LogP contribution in [0.5, 0.6) is 11.6 Å². The Morgan fingerprint density at radius 3 is 3.16 bits per heavy atom. The lowest BCUT2D eigenvalue weighted by Gasteiger charge is -2.12. The second-order valence-electron chi connectivity index (χ2n) is 4.08. The fourth-order valence-electron chi connectivity index (χ4n) is 1.85. The van der Waals surface area contributed by atoms with Gasteiger partial charge in [0.1, 0.15) is 11.9 Å². The highest BCUT2D eigenvalue weighted by Crippen LogP contribution is 2.23. The predicted molar refractivity (Wildman–Crippen MR) is 66.2 cm³/mol. The third kappa shape index (κ3) is 3.57. The van der Waals surface area contributed by atoms with Gasteiger partial charge >= 0.3 is 5.97 Å². The first-order valence-electron chi connectivity index (χ1n) is 6.18. The zero-order valence-corrected chi connectivity index (χ0v) is 11.0. The fraction of sp³-hybridized carbons (Fsp3) is 0.538. The van der Waals surface area contributed by atoms with Crippen molar-refractivity contribution >= 4 is 5.97 Å². The molecule has 0 aromatic carbocycles. The standard InChI is InChI=1S/C13H17NO5/c1-3-17-13(15)11-6-10(8-18-11)19-9-4-5-14-12(7-9)16-2/h4-5,7,10-11H,3,6,8H2,1-2H3. The maximum Gasteiger partial charge on any atom is 0.335 e. The van der Waals surface area contributed by atoms with E-state index in [2.05, 4.69) is 4.98 Å². The molecule has 2 unspecified atom stereocenters. The number of ether oxygens (including phenoxy) is 4. The number of methoxy groups -OCH3 is 1. The van der Waals surface area contributed by atoms with Crippen molar-refractivity contribution in [3.05, 3.63) is 18.3 Å². The van der Waals surface area contributed by atoms with E-state index in [4.69, 9.17) is 18.9 Å². The van der Waals surface area contributed by atoms with Gasteiger partial charge in [-0.25, -0.2) is 9.78 Å². The normalized spacial score (nSPS) is 22.0. The summed E-state index contributed by atoms with van der Waals surface area (Å²) in [4.78, 5) is 15.5. The molecule has 0 bridgehead atoms. The molecule has 6 nitrogen and oxygen atoms in total. The molecule has 0 amide bonds. The van der Waals surface area contributed by atoms with Gasteiger partial charge in [0.15, 0.2) is 6.10 Å². The van der Waals surface area contributed by atoms with E-state index in [0.29, 0.717) is 31.3 Å². The van der Waals surface area contributed by atoms with Crippen LogP contribution in [0.1, 0.15) is 13.3 Å². The van der Waals surface area contributed by atoms with Gasteiger partial charge in [0.05, 0.1) is 20.3 Å². The SMILES string of the molecule is CCOC(=O)C1CC(Oc2ccnc(OC)c2)CO1. The maximum absolute atomic E-state index is 11.5. The summed E-state index contributed by atoms with van der Waals surface area (Å²) in [7, 11) is 1.54. The number of rotatable bonds is 5. The van der Waals surface area contributed by atoms with Gasteiger partial charge in [-0.05, 0) is 13.0 Å². The Kier molecular flexibility index (Phi) is 4.57. The number of pyridine rings is 1. The molecule has 2 atom stereocenters. The van der Waals surface area contributed by atoms with Crippen LogP contribution in [0.25, 0.3) is 0 Å². The monoisotopic (exact) mass is 267 g/mol. The molecule has 2 rings (SSSR count). The van der Waals surface area contributed by atoms with Crippen molar-refractivity contribution in [2.24, 2.45) is 0 Å². The van der Waals surface area contributed by atoms with E-state index >= 15 is 0 Å². The molecule has 0 aliphatic carbocycles. The van der Waals surface area contributed by atoms with Crippen LogP contribution >= 0.6 is 0 Å². The number of hydrogen-bond acceptors (Lipinski definition) is 6. The number of carbonyl (C=O) groups excluding carboxylic acids is 1. The van der Waals surface area contributed by atoms with Gasteiger partial charge in [0.25, 0.3) is 0 Å². The summed E-state index contributed by atoms with van der Waals surface area (Å²) in [6, 6.07) is 3.43. The molecule has 104 valence electrons. The lowest BCUT2D eigenvalue weighted by atomic mass is 10.2. The highest BCUT2D eigenvalue weighted by molar-refractivity contribution is 5.75. The van der Waals surface area contributed by atoms with Crippen LogP contribution in [-0.4, -0.2) is 43.5 Å². The average molecular weight is 267 g/mol. The summed E-state index contributed by atoms with van der Waals surface area (Å²) < 4.78 is 21.0. The molecular formula is C13H17NO5. The fourth-order valence-corrected chi connectivity index (χ4v) is 1.85. The van der Waals surface area contributed by atoms with Crippen LogP contribution < -0.4 is 9.47 Å². The van der Waals surface area contributed by atoms with Crippen molar-refractivity contribution in [1.82, 2.24) is 4.98 Å². The number of hydrogen-bond donors (Lipinski definition) is 0. The van der Waals surface area contributed by atoms with Gasteiger partial charge in [-0.1, -0.05) is 0 Å². The van der Waals surface area contributed by atoms with Crippen molar-refractivity contribution in [2.75, 3.05) is 20.3 Å². The van der Waals surface area contributed by atoms with Crippen molar-refractivity contribution < 1.29 is 23.7 Å². The van der Waals surface area contributed by atoms with E-state index in [1.54, 1.807) is 32.4 Å². The van der Waals surface area contributed by atoms with Crippen LogP contribution in [0.15, 0.2) is 18.3 Å². The minimum atomic E-state index is -0.534. The van der Waals surface area contributed by atoms with Crippen LogP contribution in [0.3, 0.4) is 0 Å². The van der Waals surface area contributed by atoms with E-state index in [-0.39, 0.29) is 12.1 Å². The smallest absolute Gasteiger partial charge is 0.335 e. The molecule has 1 aliphatic heterocycles. The Hall–Kier alpha value is -1.82. The molecule has 2 heterocycles. The summed E-state index contributed by atoms with van der Waals surface area (Å²) in [5, 5.41) is 0. The lowest BCUT2D eigenvalue weighted by molar-refractivity contribution is -0.153. The largest absolute Gasteiger partial charge is 0.488 e. The van der Waals surface area contributed by atoms with Crippen molar-refractivity contribution in [3.63, 3.8) is 0 Å². The summed E-state index contributed by atoms with van der Waals surface area (Å²) in [5.41, 5.74) is 0. The average Bonchev–Trinajstić information content (AvgIpc) is 2.88. The molecule has 1 aliphatic rings. The summed E-state index contributed by atoms with van der Waals surface area (Å²) in [5.74, 6) is 0.796. The van der Waals surface area contributed by atoms with Crippen molar-refractivity contribution in [3.8, 4) is 11.6 Å². The second kappa shape index (κ2) is 6.38. The summed E-state index contributed by atoms with van der Waals surface area (Å²) in [6.07, 6.45) is 1.39. The maximum atomic E-state index is 11.5. The minimum Gasteiger partial charge on any atom is -0.488 e. The molecule has 1 aromatic heterocycles. The highest BCUT2D eigenvalue weighted by atomic mass is 16.6. The number of nitrogens with zero attached hydrogens (tertiary/aromatic N) is 1. The van der Waals surface area contributed by atoms with Crippen LogP contribution in [0, 0.1) is 0 Å². The summed E-state index contributed by atoms with van der Waals surface area (Å²) >= 11 is 0. The molecule has 6 heteroatoms. The first-order valence-corrected chi connectivity index (χ1v) is 6.18. The Morgan fingerprint density at radius 1 is 1.58 bits per heavy atom. The lowest BCUT2D eigenvalue weighted by Crippen LogP contribution is -2.23. The molecule has 0 N–H and O–H groups in total. The molecule has 1 saturated heterocycles. The van der Waals surface area contributed by atoms with Crippen LogP contribution in [-0.2, 0) is 14.3 Å². The highest BCUT2D eigenvalue weighted by Gasteiger charge is 2.33. The number of aromatic nitrogens is 1. The van der Waals surface area contributed by atoms with Crippen molar-refractivity contribution in [1.29, 1.82) is 0 Å². The predicted octanol–water partition coefficient (Wildman–Crippen LogP) is 1.19. The van der Waals surface area contributed by atoms with E-state index in [0.717, 1.165) is 0 Å². The molecule has 1 fully saturated rings. The van der Waals surface area contributed by atoms with Gasteiger partial charge in [-0.15, -0.1) is 0 Å². The van der Waals surface area contributed by atoms with E-state index < -0.39 is 6.10 Å². The minimum absolute atomic E-state index is 0.165. The number of carbonyl (C=O) groups is 1. The van der Waals surface area contributed by atoms with Gasteiger partial charge in [-0.2, -0.15) is 0 Å². The van der Waals surface area contributed by atoms with Gasteiger partial charge < -0.3 is 18.9 Å². The Morgan fingerprint density at radius 2 is 2.42 bits per heavy atom. The zero-order chi connectivity index (χ0) is 13.7. The third-order valence-electron chi connectivity index (χ3n) is 2.73. The molecular weight excluding hydrogens is 250 g/mol. The Labute approximate surface area is 111 Å². The van der Waals surface area contributed by atoms with E-state index in [1.807, 2.05) is 0 Å². The molecule has 0 spiro atoms. The molecule has 1 aromatic rings. The molecule has 0 saturated carbocycles. The van der Waals surface area contributed by atoms with Crippen LogP contribution in [0.4, 0.5) is 0 Å². The van der Waals surface area contributed by atoms with Crippen LogP contribution in [0.2, 0.25) is 0 Å². The topological polar surface area (TPSA) is 66.9 Å². The van der Waals surface area contributed by atoms with Gasteiger partial charge in [0, 0.05) is 18.7 Å². The molecule has 19 heavy (non-hydrogen) atoms. The number of esters is 1. The van der Waals surface area contributed by atoms with Gasteiger partial charge in [0.2, 0.25) is 5.88 Å². The first kappa shape index (κ1) is 13.6. The Bertz CT molecular complexity index is 437. The third-order valence-corrected chi connectivity index (χ3v) is 2.73. The Balaban J connectivity index is 1.89. The first-order chi connectivity index (χ1) is 9.22. The quantitative estimate of drug-likeness (QED) is 0.746. The van der Waals surface area contributed by atoms with E-state index in [9.17, 15) is 4.79 Å². The van der Waals surface area contributed by atoms with Gasteiger partial charge in [-0.3, -0.25) is 0 Å².